The molecule has 1 heterocycles. The number of nitrogens with one attached hydrogen (secondary N) is 1. The Balaban J connectivity index is 1.76. The number of ether oxygens (including phenoxy) is 2. The molecule has 1 spiro atoms. The minimum Gasteiger partial charge on any atom is -0.468 e. The molecule has 4 nitrogen and oxygen atoms in total. The van der Waals surface area contributed by atoms with E-state index in [1.807, 2.05) is 0 Å². The van der Waals surface area contributed by atoms with Crippen LogP contribution in [-0.4, -0.2) is 37.9 Å². The molecule has 1 saturated heterocycles. The van der Waals surface area contributed by atoms with Gasteiger partial charge in [-0.3, -0.25) is 4.79 Å². The van der Waals surface area contributed by atoms with Crippen molar-refractivity contribution in [2.24, 2.45) is 5.41 Å². The van der Waals surface area contributed by atoms with E-state index in [-0.39, 0.29) is 11.6 Å². The third-order valence-electron chi connectivity index (χ3n) is 4.38. The second-order valence-corrected chi connectivity index (χ2v) is 6.46. The molecule has 0 aromatic heterocycles. The molecular weight excluding hydrogens is 230 g/mol. The molecular formula is C14H25NO3. The first-order valence-corrected chi connectivity index (χ1v) is 6.89. The van der Waals surface area contributed by atoms with Gasteiger partial charge in [-0.05, 0) is 51.4 Å². The Labute approximate surface area is 109 Å². The highest BCUT2D eigenvalue weighted by molar-refractivity contribution is 5.71. The average molecular weight is 255 g/mol. The molecule has 104 valence electrons. The van der Waals surface area contributed by atoms with E-state index in [1.54, 1.807) is 0 Å². The smallest absolute Gasteiger partial charge is 0.319 e. The van der Waals surface area contributed by atoms with Crippen molar-refractivity contribution in [1.29, 1.82) is 0 Å². The molecule has 0 atom stereocenters. The summed E-state index contributed by atoms with van der Waals surface area (Å²) in [6, 6.07) is 0.457. The molecule has 1 aliphatic heterocycles. The van der Waals surface area contributed by atoms with Crippen LogP contribution in [0.4, 0.5) is 0 Å². The number of methoxy groups -OCH3 is 1. The van der Waals surface area contributed by atoms with Gasteiger partial charge in [-0.15, -0.1) is 0 Å². The molecule has 0 amide bonds. The van der Waals surface area contributed by atoms with Crippen molar-refractivity contribution in [2.45, 2.75) is 57.6 Å². The lowest BCUT2D eigenvalue weighted by atomic mass is 9.70. The molecule has 0 aromatic rings. The minimum atomic E-state index is -0.180. The Morgan fingerprint density at radius 3 is 2.56 bits per heavy atom. The lowest BCUT2D eigenvalue weighted by Crippen LogP contribution is -2.40. The fourth-order valence-corrected chi connectivity index (χ4v) is 3.41. The number of carbonyl (C=O) groups excluding carboxylic acids is 1. The first-order chi connectivity index (χ1) is 8.45. The average Bonchev–Trinajstić information content (AvgIpc) is 2.64. The van der Waals surface area contributed by atoms with Crippen molar-refractivity contribution in [1.82, 2.24) is 5.32 Å². The highest BCUT2D eigenvalue weighted by atomic mass is 16.5. The van der Waals surface area contributed by atoms with Crippen LogP contribution < -0.4 is 5.32 Å². The molecule has 0 unspecified atom stereocenters. The van der Waals surface area contributed by atoms with Gasteiger partial charge in [0.2, 0.25) is 0 Å². The molecule has 1 N–H and O–H groups in total. The molecule has 0 radical (unpaired) electrons. The summed E-state index contributed by atoms with van der Waals surface area (Å²) in [6.45, 7) is 5.60. The molecule has 4 heteroatoms. The van der Waals surface area contributed by atoms with E-state index >= 15 is 0 Å². The largest absolute Gasteiger partial charge is 0.468 e. The molecule has 0 bridgehead atoms. The second kappa shape index (κ2) is 5.17. The minimum absolute atomic E-state index is 0.0479. The van der Waals surface area contributed by atoms with Crippen LogP contribution in [0.15, 0.2) is 0 Å². The van der Waals surface area contributed by atoms with Crippen LogP contribution in [0.5, 0.6) is 0 Å². The monoisotopic (exact) mass is 255 g/mol. The Morgan fingerprint density at radius 1 is 1.39 bits per heavy atom. The third kappa shape index (κ3) is 3.23. The predicted molar refractivity (Wildman–Crippen MR) is 69.4 cm³/mol. The Hall–Kier alpha value is -0.610. The lowest BCUT2D eigenvalue weighted by molar-refractivity contribution is -0.139. The van der Waals surface area contributed by atoms with Crippen LogP contribution >= 0.6 is 0 Å². The van der Waals surface area contributed by atoms with E-state index in [9.17, 15) is 4.79 Å². The van der Waals surface area contributed by atoms with Gasteiger partial charge in [0.25, 0.3) is 0 Å². The zero-order valence-corrected chi connectivity index (χ0v) is 11.8. The summed E-state index contributed by atoms with van der Waals surface area (Å²) >= 11 is 0. The van der Waals surface area contributed by atoms with E-state index < -0.39 is 0 Å². The van der Waals surface area contributed by atoms with Crippen molar-refractivity contribution < 1.29 is 14.3 Å². The number of esters is 1. The van der Waals surface area contributed by atoms with Gasteiger partial charge >= 0.3 is 5.97 Å². The van der Waals surface area contributed by atoms with Crippen LogP contribution in [0, 0.1) is 5.41 Å². The van der Waals surface area contributed by atoms with Crippen molar-refractivity contribution in [3.05, 3.63) is 0 Å². The summed E-state index contributed by atoms with van der Waals surface area (Å²) in [7, 11) is 1.43. The van der Waals surface area contributed by atoms with E-state index in [2.05, 4.69) is 23.9 Å². The van der Waals surface area contributed by atoms with Gasteiger partial charge < -0.3 is 14.8 Å². The topological polar surface area (TPSA) is 47.6 Å². The van der Waals surface area contributed by atoms with Gasteiger partial charge in [-0.25, -0.2) is 0 Å². The highest BCUT2D eigenvalue weighted by Crippen LogP contribution is 2.48. The van der Waals surface area contributed by atoms with Crippen LogP contribution in [0.3, 0.4) is 0 Å². The van der Waals surface area contributed by atoms with Crippen LogP contribution in [0.25, 0.3) is 0 Å². The fourth-order valence-electron chi connectivity index (χ4n) is 3.41. The molecule has 0 aromatic carbocycles. The predicted octanol–water partition coefficient (Wildman–Crippen LogP) is 1.88. The maximum atomic E-state index is 11.1. The number of rotatable bonds is 3. The normalized spacial score (nSPS) is 34.7. The molecule has 1 aliphatic carbocycles. The van der Waals surface area contributed by atoms with Gasteiger partial charge in [0, 0.05) is 6.04 Å². The zero-order valence-electron chi connectivity index (χ0n) is 11.8. The molecule has 2 rings (SSSR count). The Bertz CT molecular complexity index is 306. The maximum Gasteiger partial charge on any atom is 0.319 e. The summed E-state index contributed by atoms with van der Waals surface area (Å²) in [4.78, 5) is 11.1. The first-order valence-electron chi connectivity index (χ1n) is 6.89. The maximum absolute atomic E-state index is 11.1. The third-order valence-corrected chi connectivity index (χ3v) is 4.38. The van der Waals surface area contributed by atoms with Gasteiger partial charge in [0.05, 0.1) is 25.9 Å². The van der Waals surface area contributed by atoms with Crippen LogP contribution in [0.2, 0.25) is 0 Å². The number of carbonyl (C=O) groups is 1. The number of hydrogen-bond donors (Lipinski definition) is 1. The quantitative estimate of drug-likeness (QED) is 0.782. The molecule has 1 saturated carbocycles. The zero-order chi connectivity index (χ0) is 13.2. The van der Waals surface area contributed by atoms with Crippen LogP contribution in [-0.2, 0) is 14.3 Å². The Morgan fingerprint density at radius 2 is 2.06 bits per heavy atom. The van der Waals surface area contributed by atoms with E-state index in [1.165, 1.54) is 26.4 Å². The fraction of sp³-hybridized carbons (Fsp3) is 0.929. The number of hydrogen-bond acceptors (Lipinski definition) is 4. The first kappa shape index (κ1) is 13.8. The summed E-state index contributed by atoms with van der Waals surface area (Å²) in [6.07, 6.45) is 5.85. The second-order valence-electron chi connectivity index (χ2n) is 6.46. The highest BCUT2D eigenvalue weighted by Gasteiger charge is 2.45. The van der Waals surface area contributed by atoms with Gasteiger partial charge in [0.1, 0.15) is 0 Å². The molecule has 2 aliphatic rings. The summed E-state index contributed by atoms with van der Waals surface area (Å²) in [5.41, 5.74) is 0.444. The van der Waals surface area contributed by atoms with E-state index in [0.29, 0.717) is 18.0 Å². The van der Waals surface area contributed by atoms with Crippen molar-refractivity contribution in [2.75, 3.05) is 20.3 Å². The van der Waals surface area contributed by atoms with Gasteiger partial charge in [0.15, 0.2) is 0 Å². The molecule has 2 fully saturated rings. The van der Waals surface area contributed by atoms with E-state index in [4.69, 9.17) is 4.74 Å². The Kier molecular flexibility index (Phi) is 3.97. The van der Waals surface area contributed by atoms with Crippen molar-refractivity contribution >= 4 is 5.97 Å². The summed E-state index contributed by atoms with van der Waals surface area (Å²) in [5, 5.41) is 3.28. The van der Waals surface area contributed by atoms with Crippen LogP contribution in [0.1, 0.15) is 46.0 Å². The van der Waals surface area contributed by atoms with Crippen molar-refractivity contribution in [3.63, 3.8) is 0 Å². The lowest BCUT2D eigenvalue weighted by Gasteiger charge is -2.37. The standard InChI is InChI=1S/C14H25NO3/c1-13(2)9-14(10-18-13)6-4-11(5-7-14)15-8-12(16)17-3/h11,15H,4-10H2,1-3H3. The van der Waals surface area contributed by atoms with E-state index in [0.717, 1.165) is 19.4 Å². The molecule has 18 heavy (non-hydrogen) atoms. The summed E-state index contributed by atoms with van der Waals surface area (Å²) in [5.74, 6) is -0.180. The summed E-state index contributed by atoms with van der Waals surface area (Å²) < 4.78 is 10.5. The SMILES string of the molecule is COC(=O)CNC1CCC2(CC1)COC(C)(C)C2. The van der Waals surface area contributed by atoms with Gasteiger partial charge in [-0.2, -0.15) is 0 Å². The van der Waals surface area contributed by atoms with Gasteiger partial charge in [-0.1, -0.05) is 0 Å². The van der Waals surface area contributed by atoms with Crippen molar-refractivity contribution in [3.8, 4) is 0 Å².